The van der Waals surface area contributed by atoms with Gasteiger partial charge in [-0.3, -0.25) is 24.0 Å². The van der Waals surface area contributed by atoms with Crippen LogP contribution in [0.2, 0.25) is 0 Å². The van der Waals surface area contributed by atoms with Crippen LogP contribution in [0.25, 0.3) is 0 Å². The van der Waals surface area contributed by atoms with Gasteiger partial charge in [-0.15, -0.1) is 0 Å². The van der Waals surface area contributed by atoms with Crippen LogP contribution in [0.4, 0.5) is 4.79 Å². The zero-order valence-electron chi connectivity index (χ0n) is 29.4. The highest BCUT2D eigenvalue weighted by atomic mass is 16.2. The number of amides is 7. The molecule has 1 aromatic carbocycles. The van der Waals surface area contributed by atoms with Crippen molar-refractivity contribution in [1.82, 2.24) is 46.8 Å². The van der Waals surface area contributed by atoms with Gasteiger partial charge >= 0.3 is 6.03 Å². The summed E-state index contributed by atoms with van der Waals surface area (Å²) in [7, 11) is 0. The molecule has 5 unspecified atom stereocenters. The summed E-state index contributed by atoms with van der Waals surface area (Å²) < 4.78 is 0. The maximum Gasteiger partial charge on any atom is 0.315 e. The minimum absolute atomic E-state index is 0.00961. The van der Waals surface area contributed by atoms with Crippen LogP contribution in [0, 0.1) is 0 Å². The standard InChI is InChI=1S/C34H53N11O6/c1-22-9-6-7-14-37-15-16-45(34(36)51)23(2)30(47)43-28(18-25-19-38-21-40-25)33(50)44-27(17-24-10-4-3-5-11-24)32(49)42-26(12-8-13-35)31(48)39-20-29(46)41-22/h3-5,10-11,19,21-23,26-28,37H,6-9,12-18,20,35H2,1-2H3,(H2,36,51)(H,38,40)(H,39,48)(H,41,46)(H,42,49)(H,43,47)(H,44,50). The van der Waals surface area contributed by atoms with Gasteiger partial charge in [0.2, 0.25) is 29.5 Å². The van der Waals surface area contributed by atoms with E-state index in [0.717, 1.165) is 18.4 Å². The molecule has 2 aromatic rings. The Morgan fingerprint density at radius 2 is 1.55 bits per heavy atom. The Bertz CT molecular complexity index is 1430. The molecule has 3 rings (SSSR count). The van der Waals surface area contributed by atoms with Gasteiger partial charge in [0.1, 0.15) is 24.2 Å². The normalized spacial score (nSPS) is 24.3. The lowest BCUT2D eigenvalue weighted by molar-refractivity contribution is -0.134. The molecule has 17 heteroatoms. The lowest BCUT2D eigenvalue weighted by Gasteiger charge is -2.29. The summed E-state index contributed by atoms with van der Waals surface area (Å²) in [4.78, 5) is 87.8. The molecule has 0 aliphatic carbocycles. The van der Waals surface area contributed by atoms with Gasteiger partial charge in [-0.05, 0) is 58.2 Å². The Kier molecular flexibility index (Phi) is 16.8. The van der Waals surface area contributed by atoms with Crippen molar-refractivity contribution < 1.29 is 28.8 Å². The Balaban J connectivity index is 1.92. The topological polar surface area (TPSA) is 259 Å². The number of aromatic amines is 1. The van der Waals surface area contributed by atoms with E-state index in [9.17, 15) is 28.8 Å². The first-order valence-corrected chi connectivity index (χ1v) is 17.4. The fourth-order valence-corrected chi connectivity index (χ4v) is 5.66. The summed E-state index contributed by atoms with van der Waals surface area (Å²) in [6.45, 7) is 4.52. The third-order valence-electron chi connectivity index (χ3n) is 8.59. The Morgan fingerprint density at radius 3 is 2.22 bits per heavy atom. The molecule has 7 amide bonds. The maximum atomic E-state index is 13.9. The average Bonchev–Trinajstić information content (AvgIpc) is 3.62. The molecular weight excluding hydrogens is 658 g/mol. The molecule has 5 atom stereocenters. The predicted molar refractivity (Wildman–Crippen MR) is 190 cm³/mol. The highest BCUT2D eigenvalue weighted by Crippen LogP contribution is 2.09. The van der Waals surface area contributed by atoms with Crippen LogP contribution in [-0.2, 0) is 36.8 Å². The number of rotatable bonds is 7. The van der Waals surface area contributed by atoms with Crippen molar-refractivity contribution >= 4 is 35.6 Å². The van der Waals surface area contributed by atoms with E-state index in [4.69, 9.17) is 11.5 Å². The van der Waals surface area contributed by atoms with Gasteiger partial charge in [-0.25, -0.2) is 9.78 Å². The third kappa shape index (κ3) is 14.0. The second kappa shape index (κ2) is 21.2. The fraction of sp³-hybridized carbons (Fsp3) is 0.559. The zero-order chi connectivity index (χ0) is 37.2. The molecule has 0 radical (unpaired) electrons. The molecule has 1 aromatic heterocycles. The van der Waals surface area contributed by atoms with Gasteiger partial charge in [-0.2, -0.15) is 0 Å². The molecule has 1 saturated heterocycles. The molecule has 11 N–H and O–H groups in total. The number of H-pyrrole nitrogens is 1. The van der Waals surface area contributed by atoms with Gasteiger partial charge in [0.25, 0.3) is 0 Å². The number of hydrogen-bond donors (Lipinski definition) is 9. The van der Waals surface area contributed by atoms with Crippen molar-refractivity contribution in [2.75, 3.05) is 32.7 Å². The molecule has 1 aliphatic heterocycles. The van der Waals surface area contributed by atoms with E-state index in [1.165, 1.54) is 24.3 Å². The second-order valence-electron chi connectivity index (χ2n) is 12.7. The quantitative estimate of drug-likeness (QED) is 0.163. The number of hydrogen-bond acceptors (Lipinski definition) is 9. The summed E-state index contributed by atoms with van der Waals surface area (Å²) in [5.74, 6) is -2.89. The van der Waals surface area contributed by atoms with Crippen LogP contribution < -0.4 is 43.4 Å². The van der Waals surface area contributed by atoms with Crippen molar-refractivity contribution in [2.45, 2.75) is 89.0 Å². The minimum Gasteiger partial charge on any atom is -0.352 e. The SMILES string of the molecule is CC1CCCCNCCN(C(N)=O)C(C)C(=O)NC(Cc2cnc[nH]2)C(=O)NC(Cc2ccccc2)C(=O)NC(CCCN)C(=O)NCC(=O)N1. The van der Waals surface area contributed by atoms with Gasteiger partial charge in [-0.1, -0.05) is 36.8 Å². The summed E-state index contributed by atoms with van der Waals surface area (Å²) in [6, 6.07) is 3.62. The van der Waals surface area contributed by atoms with Crippen molar-refractivity contribution in [3.63, 3.8) is 0 Å². The Labute approximate surface area is 298 Å². The Hall–Kier alpha value is -5.03. The molecule has 51 heavy (non-hydrogen) atoms. The molecule has 280 valence electrons. The number of aromatic nitrogens is 2. The first-order valence-electron chi connectivity index (χ1n) is 17.4. The summed E-state index contributed by atoms with van der Waals surface area (Å²) in [6.07, 6.45) is 5.89. The third-order valence-corrected chi connectivity index (χ3v) is 8.59. The number of urea groups is 1. The molecule has 0 spiro atoms. The second-order valence-corrected chi connectivity index (χ2v) is 12.7. The summed E-state index contributed by atoms with van der Waals surface area (Å²) >= 11 is 0. The van der Waals surface area contributed by atoms with E-state index in [-0.39, 0.29) is 50.8 Å². The fourth-order valence-electron chi connectivity index (χ4n) is 5.66. The Morgan fingerprint density at radius 1 is 0.863 bits per heavy atom. The van der Waals surface area contributed by atoms with Crippen LogP contribution in [-0.4, -0.2) is 113 Å². The van der Waals surface area contributed by atoms with Crippen LogP contribution in [0.1, 0.15) is 57.2 Å². The molecule has 0 bridgehead atoms. The molecule has 1 aliphatic rings. The van der Waals surface area contributed by atoms with Gasteiger partial charge in [0, 0.05) is 43.9 Å². The highest BCUT2D eigenvalue weighted by molar-refractivity contribution is 5.96. The number of carbonyl (C=O) groups is 6. The first-order chi connectivity index (χ1) is 24.5. The van der Waals surface area contributed by atoms with Crippen molar-refractivity contribution in [3.8, 4) is 0 Å². The van der Waals surface area contributed by atoms with E-state index in [2.05, 4.69) is 41.9 Å². The first kappa shape index (κ1) is 40.4. The number of nitrogens with two attached hydrogens (primary N) is 2. The van der Waals surface area contributed by atoms with E-state index in [0.29, 0.717) is 31.6 Å². The van der Waals surface area contributed by atoms with Gasteiger partial charge in [0.15, 0.2) is 0 Å². The smallest absolute Gasteiger partial charge is 0.315 e. The van der Waals surface area contributed by atoms with Crippen LogP contribution in [0.5, 0.6) is 0 Å². The largest absolute Gasteiger partial charge is 0.352 e. The van der Waals surface area contributed by atoms with Crippen molar-refractivity contribution in [3.05, 3.63) is 54.1 Å². The minimum atomic E-state index is -1.19. The van der Waals surface area contributed by atoms with Gasteiger partial charge in [0.05, 0.1) is 12.9 Å². The van der Waals surface area contributed by atoms with E-state index >= 15 is 0 Å². The number of carbonyl (C=O) groups excluding carboxylic acids is 6. The summed E-state index contributed by atoms with van der Waals surface area (Å²) in [5, 5.41) is 17.0. The molecule has 1 fully saturated rings. The maximum absolute atomic E-state index is 13.9. The number of nitrogens with zero attached hydrogens (tertiary/aromatic N) is 2. The number of imidazole rings is 1. The van der Waals surface area contributed by atoms with Crippen molar-refractivity contribution in [1.29, 1.82) is 0 Å². The van der Waals surface area contributed by atoms with Crippen LogP contribution in [0.15, 0.2) is 42.9 Å². The highest BCUT2D eigenvalue weighted by Gasteiger charge is 2.32. The zero-order valence-corrected chi connectivity index (χ0v) is 29.4. The van der Waals surface area contributed by atoms with Crippen LogP contribution in [0.3, 0.4) is 0 Å². The van der Waals surface area contributed by atoms with Crippen LogP contribution >= 0.6 is 0 Å². The number of benzene rings is 1. The molecular formula is C34H53N11O6. The number of nitrogens with one attached hydrogen (secondary N) is 7. The van der Waals surface area contributed by atoms with E-state index in [1.54, 1.807) is 24.3 Å². The number of primary amides is 1. The molecule has 2 heterocycles. The average molecular weight is 712 g/mol. The van der Waals surface area contributed by atoms with E-state index in [1.807, 2.05) is 13.0 Å². The predicted octanol–water partition coefficient (Wildman–Crippen LogP) is -1.45. The lowest BCUT2D eigenvalue weighted by atomic mass is 10.0. The lowest BCUT2D eigenvalue weighted by Crippen LogP contribution is -2.60. The van der Waals surface area contributed by atoms with Crippen molar-refractivity contribution in [2.24, 2.45) is 11.5 Å². The molecule has 17 nitrogen and oxygen atoms in total. The molecule has 0 saturated carbocycles. The monoisotopic (exact) mass is 711 g/mol. The summed E-state index contributed by atoms with van der Waals surface area (Å²) in [5.41, 5.74) is 12.6. The van der Waals surface area contributed by atoms with E-state index < -0.39 is 53.8 Å². The van der Waals surface area contributed by atoms with Gasteiger partial charge < -0.3 is 53.3 Å².